The van der Waals surface area contributed by atoms with Crippen molar-refractivity contribution in [1.82, 2.24) is 10.6 Å². The molecule has 3 aromatic rings. The minimum Gasteiger partial charge on any atom is -0.494 e. The summed E-state index contributed by atoms with van der Waals surface area (Å²) in [6.07, 6.45) is 3.96. The van der Waals surface area contributed by atoms with Crippen molar-refractivity contribution in [2.75, 3.05) is 23.8 Å². The molecule has 0 radical (unpaired) electrons. The standard InChI is InChI=1S/C30H34N4O4S2/c1-3-5-17-37-25-11-7-9-21(19-25)27(35)33-29(39)31-23-13-15-24(16-14-23)32-30(40)34-28(36)22-10-8-12-26(20-22)38-18-6-4-2/h7-16,19-20H,3-6,17-18H2,1-2H3,(H2,31,33,35,39)(H2,32,34,36,40). The first-order valence-corrected chi connectivity index (χ1v) is 14.0. The third-order valence-corrected chi connectivity index (χ3v) is 5.99. The van der Waals surface area contributed by atoms with Crippen molar-refractivity contribution in [2.45, 2.75) is 39.5 Å². The molecule has 0 saturated carbocycles. The van der Waals surface area contributed by atoms with Gasteiger partial charge in [0.15, 0.2) is 10.2 Å². The number of anilines is 2. The Kier molecular flexibility index (Phi) is 12.3. The fourth-order valence-electron chi connectivity index (χ4n) is 3.44. The Morgan fingerprint density at radius 2 is 1.05 bits per heavy atom. The van der Waals surface area contributed by atoms with Crippen LogP contribution in [0.5, 0.6) is 11.5 Å². The van der Waals surface area contributed by atoms with E-state index in [1.54, 1.807) is 60.7 Å². The number of rotatable bonds is 12. The van der Waals surface area contributed by atoms with Crippen LogP contribution in [0.2, 0.25) is 0 Å². The summed E-state index contributed by atoms with van der Waals surface area (Å²) in [4.78, 5) is 25.2. The van der Waals surface area contributed by atoms with Crippen molar-refractivity contribution in [3.63, 3.8) is 0 Å². The van der Waals surface area contributed by atoms with Crippen molar-refractivity contribution >= 4 is 57.8 Å². The summed E-state index contributed by atoms with van der Waals surface area (Å²) in [5.74, 6) is 0.607. The monoisotopic (exact) mass is 578 g/mol. The quantitative estimate of drug-likeness (QED) is 0.147. The van der Waals surface area contributed by atoms with E-state index in [1.807, 2.05) is 12.1 Å². The first-order valence-electron chi connectivity index (χ1n) is 13.2. The summed E-state index contributed by atoms with van der Waals surface area (Å²) >= 11 is 10.6. The average Bonchev–Trinajstić information content (AvgIpc) is 2.94. The van der Waals surface area contributed by atoms with E-state index >= 15 is 0 Å². The van der Waals surface area contributed by atoms with Crippen LogP contribution in [0.25, 0.3) is 0 Å². The Balaban J connectivity index is 1.47. The molecule has 0 aromatic heterocycles. The summed E-state index contributed by atoms with van der Waals surface area (Å²) in [5, 5.41) is 11.6. The van der Waals surface area contributed by atoms with Crippen LogP contribution in [-0.4, -0.2) is 35.3 Å². The molecule has 0 atom stereocenters. The van der Waals surface area contributed by atoms with Crippen LogP contribution < -0.4 is 30.7 Å². The van der Waals surface area contributed by atoms with Gasteiger partial charge in [-0.25, -0.2) is 0 Å². The molecule has 0 fully saturated rings. The van der Waals surface area contributed by atoms with E-state index in [4.69, 9.17) is 33.9 Å². The van der Waals surface area contributed by atoms with Crippen LogP contribution in [0, 0.1) is 0 Å². The van der Waals surface area contributed by atoms with Gasteiger partial charge in [-0.05, 0) is 97.9 Å². The molecule has 0 aliphatic heterocycles. The normalized spacial score (nSPS) is 10.2. The van der Waals surface area contributed by atoms with Gasteiger partial charge >= 0.3 is 0 Å². The third-order valence-electron chi connectivity index (χ3n) is 5.58. The fraction of sp³-hybridized carbons (Fsp3) is 0.267. The maximum absolute atomic E-state index is 12.6. The predicted octanol–water partition coefficient (Wildman–Crippen LogP) is 6.30. The molecular formula is C30H34N4O4S2. The van der Waals surface area contributed by atoms with Crippen LogP contribution in [0.3, 0.4) is 0 Å². The lowest BCUT2D eigenvalue weighted by atomic mass is 10.2. The molecular weight excluding hydrogens is 544 g/mol. The van der Waals surface area contributed by atoms with E-state index in [0.29, 0.717) is 47.2 Å². The second kappa shape index (κ2) is 16.2. The minimum absolute atomic E-state index is 0.159. The summed E-state index contributed by atoms with van der Waals surface area (Å²) in [7, 11) is 0. The average molecular weight is 579 g/mol. The highest BCUT2D eigenvalue weighted by atomic mass is 32.1. The molecule has 0 aliphatic rings. The van der Waals surface area contributed by atoms with Gasteiger partial charge in [0, 0.05) is 22.5 Å². The predicted molar refractivity (Wildman–Crippen MR) is 168 cm³/mol. The molecule has 210 valence electrons. The first kappa shape index (κ1) is 30.5. The highest BCUT2D eigenvalue weighted by Gasteiger charge is 2.11. The summed E-state index contributed by atoms with van der Waals surface area (Å²) in [6, 6.07) is 21.0. The SMILES string of the molecule is CCCCOc1cccc(C(=O)NC(=S)Nc2ccc(NC(=S)NC(=O)c3cccc(OCCCC)c3)cc2)c1. The van der Waals surface area contributed by atoms with Gasteiger partial charge in [0.1, 0.15) is 11.5 Å². The van der Waals surface area contributed by atoms with Gasteiger partial charge in [-0.1, -0.05) is 38.8 Å². The second-order valence-electron chi connectivity index (χ2n) is 8.85. The van der Waals surface area contributed by atoms with Crippen LogP contribution in [0.4, 0.5) is 11.4 Å². The van der Waals surface area contributed by atoms with Gasteiger partial charge in [0.25, 0.3) is 11.8 Å². The van der Waals surface area contributed by atoms with Gasteiger partial charge < -0.3 is 20.1 Å². The number of unbranched alkanes of at least 4 members (excludes halogenated alkanes) is 2. The zero-order chi connectivity index (χ0) is 28.7. The Morgan fingerprint density at radius 3 is 1.43 bits per heavy atom. The lowest BCUT2D eigenvalue weighted by molar-refractivity contribution is 0.0969. The van der Waals surface area contributed by atoms with Crippen LogP contribution >= 0.6 is 24.4 Å². The lowest BCUT2D eigenvalue weighted by Crippen LogP contribution is -2.34. The van der Waals surface area contributed by atoms with E-state index in [9.17, 15) is 9.59 Å². The number of hydrogen-bond donors (Lipinski definition) is 4. The zero-order valence-corrected chi connectivity index (χ0v) is 24.3. The number of thiocarbonyl (C=S) groups is 2. The molecule has 10 heteroatoms. The smallest absolute Gasteiger partial charge is 0.257 e. The lowest BCUT2D eigenvalue weighted by Gasteiger charge is -2.13. The molecule has 2 amide bonds. The van der Waals surface area contributed by atoms with Gasteiger partial charge in [-0.15, -0.1) is 0 Å². The minimum atomic E-state index is -0.337. The number of benzene rings is 3. The molecule has 0 bridgehead atoms. The fourth-order valence-corrected chi connectivity index (χ4v) is 3.86. The molecule has 3 aromatic carbocycles. The van der Waals surface area contributed by atoms with Crippen molar-refractivity contribution in [3.8, 4) is 11.5 Å². The molecule has 8 nitrogen and oxygen atoms in total. The van der Waals surface area contributed by atoms with Crippen molar-refractivity contribution in [3.05, 3.63) is 83.9 Å². The Labute approximate surface area is 245 Å². The van der Waals surface area contributed by atoms with E-state index < -0.39 is 0 Å². The Morgan fingerprint density at radius 1 is 0.650 bits per heavy atom. The molecule has 0 heterocycles. The third kappa shape index (κ3) is 10.3. The molecule has 4 N–H and O–H groups in total. The summed E-state index contributed by atoms with van der Waals surface area (Å²) < 4.78 is 11.3. The van der Waals surface area contributed by atoms with E-state index in [0.717, 1.165) is 25.7 Å². The summed E-state index contributed by atoms with van der Waals surface area (Å²) in [6.45, 7) is 5.39. The summed E-state index contributed by atoms with van der Waals surface area (Å²) in [5.41, 5.74) is 2.23. The Hall–Kier alpha value is -4.02. The van der Waals surface area contributed by atoms with Crippen molar-refractivity contribution < 1.29 is 19.1 Å². The first-order chi connectivity index (χ1) is 19.4. The second-order valence-corrected chi connectivity index (χ2v) is 9.67. The van der Waals surface area contributed by atoms with Gasteiger partial charge in [0.05, 0.1) is 13.2 Å². The van der Waals surface area contributed by atoms with Crippen molar-refractivity contribution in [2.24, 2.45) is 0 Å². The zero-order valence-electron chi connectivity index (χ0n) is 22.6. The highest BCUT2D eigenvalue weighted by molar-refractivity contribution is 7.80. The molecule has 0 saturated heterocycles. The number of amides is 2. The van der Waals surface area contributed by atoms with E-state index in [2.05, 4.69) is 35.1 Å². The highest BCUT2D eigenvalue weighted by Crippen LogP contribution is 2.16. The number of ether oxygens (including phenoxy) is 2. The van der Waals surface area contributed by atoms with Gasteiger partial charge in [0.2, 0.25) is 0 Å². The molecule has 40 heavy (non-hydrogen) atoms. The van der Waals surface area contributed by atoms with Crippen molar-refractivity contribution in [1.29, 1.82) is 0 Å². The number of hydrogen-bond acceptors (Lipinski definition) is 6. The van der Waals surface area contributed by atoms with E-state index in [-0.39, 0.29) is 22.0 Å². The number of carbonyl (C=O) groups is 2. The topological polar surface area (TPSA) is 101 Å². The van der Waals surface area contributed by atoms with Crippen LogP contribution in [0.15, 0.2) is 72.8 Å². The maximum atomic E-state index is 12.6. The molecule has 3 rings (SSSR count). The maximum Gasteiger partial charge on any atom is 0.257 e. The Bertz CT molecular complexity index is 1210. The molecule has 0 aliphatic carbocycles. The van der Waals surface area contributed by atoms with Gasteiger partial charge in [-0.2, -0.15) is 0 Å². The largest absolute Gasteiger partial charge is 0.494 e. The van der Waals surface area contributed by atoms with E-state index in [1.165, 1.54) is 0 Å². The molecule has 0 spiro atoms. The van der Waals surface area contributed by atoms with Gasteiger partial charge in [-0.3, -0.25) is 20.2 Å². The van der Waals surface area contributed by atoms with Crippen LogP contribution in [-0.2, 0) is 0 Å². The van der Waals surface area contributed by atoms with Crippen LogP contribution in [0.1, 0.15) is 60.2 Å². The number of carbonyl (C=O) groups excluding carboxylic acids is 2. The number of nitrogens with one attached hydrogen (secondary N) is 4. The molecule has 0 unspecified atom stereocenters.